The number of esters is 1. The van der Waals surface area contributed by atoms with E-state index in [1.807, 2.05) is 77.5 Å². The van der Waals surface area contributed by atoms with Crippen LogP contribution in [0.4, 0.5) is 0 Å². The quantitative estimate of drug-likeness (QED) is 0.276. The van der Waals surface area contributed by atoms with Crippen LogP contribution >= 0.6 is 11.3 Å². The van der Waals surface area contributed by atoms with Crippen LogP contribution in [0.25, 0.3) is 22.7 Å². The number of fused-ring (bicyclic) bond motifs is 3. The van der Waals surface area contributed by atoms with E-state index in [1.54, 1.807) is 23.6 Å². The van der Waals surface area contributed by atoms with Crippen molar-refractivity contribution in [2.45, 2.75) is 19.5 Å². The number of rotatable bonds is 6. The molecule has 0 radical (unpaired) electrons. The van der Waals surface area contributed by atoms with Crippen molar-refractivity contribution < 1.29 is 19.0 Å². The molecule has 10 heteroatoms. The summed E-state index contributed by atoms with van der Waals surface area (Å²) in [5.74, 6) is 0.572. The molecular formula is C33H24N4O5S. The highest BCUT2D eigenvalue weighted by atomic mass is 32.1. The summed E-state index contributed by atoms with van der Waals surface area (Å²) in [5, 5.41) is 10.3. The molecule has 3 aromatic carbocycles. The van der Waals surface area contributed by atoms with Crippen molar-refractivity contribution in [3.05, 3.63) is 121 Å². The van der Waals surface area contributed by atoms with E-state index in [0.29, 0.717) is 32.1 Å². The van der Waals surface area contributed by atoms with Crippen molar-refractivity contribution in [3.63, 3.8) is 0 Å². The van der Waals surface area contributed by atoms with Gasteiger partial charge in [-0.05, 0) is 36.8 Å². The Morgan fingerprint density at radius 2 is 1.91 bits per heavy atom. The second-order valence-electron chi connectivity index (χ2n) is 9.93. The molecule has 212 valence electrons. The minimum atomic E-state index is -0.831. The maximum Gasteiger partial charge on any atom is 0.338 e. The first-order valence-electron chi connectivity index (χ1n) is 13.7. The van der Waals surface area contributed by atoms with E-state index in [4.69, 9.17) is 19.2 Å². The third-order valence-corrected chi connectivity index (χ3v) is 8.42. The van der Waals surface area contributed by atoms with Gasteiger partial charge in [0.2, 0.25) is 6.79 Å². The monoisotopic (exact) mass is 588 g/mol. The summed E-state index contributed by atoms with van der Waals surface area (Å²) >= 11 is 1.25. The fourth-order valence-corrected chi connectivity index (χ4v) is 6.57. The molecule has 0 saturated carbocycles. The number of para-hydroxylation sites is 1. The summed E-state index contributed by atoms with van der Waals surface area (Å²) < 4.78 is 20.6. The van der Waals surface area contributed by atoms with Crippen LogP contribution in [-0.4, -0.2) is 28.5 Å². The Balaban J connectivity index is 1.51. The summed E-state index contributed by atoms with van der Waals surface area (Å²) in [5.41, 5.74) is 3.51. The number of nitriles is 1. The van der Waals surface area contributed by atoms with Crippen LogP contribution in [0.15, 0.2) is 94.4 Å². The molecule has 43 heavy (non-hydrogen) atoms. The fourth-order valence-electron chi connectivity index (χ4n) is 5.58. The standard InChI is InChI=1S/C33H24N4O5S/c1-2-40-32(39)28-29(20-8-4-3-5-9-20)35-33-37(30(28)21-12-13-25-26(16-21)42-19-41-25)31(38)27(43-33)17-22-18-36(15-14-34)24-11-7-6-10-23(22)24/h3-13,16-18,30H,2,15,19H2,1H3/b27-17-/t30-/m1/s1. The average molecular weight is 589 g/mol. The Labute approximate surface area is 249 Å². The molecule has 0 amide bonds. The molecule has 1 atom stereocenters. The van der Waals surface area contributed by atoms with Crippen LogP contribution in [-0.2, 0) is 16.1 Å². The van der Waals surface area contributed by atoms with Crippen molar-refractivity contribution in [1.82, 2.24) is 9.13 Å². The Morgan fingerprint density at radius 1 is 1.12 bits per heavy atom. The van der Waals surface area contributed by atoms with E-state index in [-0.39, 0.29) is 31.1 Å². The Morgan fingerprint density at radius 3 is 2.72 bits per heavy atom. The molecule has 0 fully saturated rings. The van der Waals surface area contributed by atoms with Crippen LogP contribution in [0.1, 0.15) is 29.7 Å². The van der Waals surface area contributed by atoms with E-state index in [2.05, 4.69) is 6.07 Å². The molecule has 0 unspecified atom stereocenters. The molecule has 4 heterocycles. The number of nitrogens with zero attached hydrogens (tertiary/aromatic N) is 4. The minimum Gasteiger partial charge on any atom is -0.463 e. The number of thiazole rings is 1. The topological polar surface area (TPSA) is 108 Å². The SMILES string of the molecule is CCOC(=O)C1=C(c2ccccc2)N=c2s/c(=C\c3cn(CC#N)c4ccccc34)c(=O)n2[C@@H]1c1ccc2c(c1)OCO2. The second-order valence-corrected chi connectivity index (χ2v) is 10.9. The van der Waals surface area contributed by atoms with Gasteiger partial charge in [0.15, 0.2) is 16.3 Å². The number of aromatic nitrogens is 2. The highest BCUT2D eigenvalue weighted by molar-refractivity contribution is 7.07. The third kappa shape index (κ3) is 4.51. The normalized spacial score (nSPS) is 15.7. The first-order valence-corrected chi connectivity index (χ1v) is 14.5. The van der Waals surface area contributed by atoms with Crippen molar-refractivity contribution in [2.75, 3.05) is 13.4 Å². The van der Waals surface area contributed by atoms with Crippen LogP contribution in [0.3, 0.4) is 0 Å². The zero-order valence-corrected chi connectivity index (χ0v) is 23.8. The molecule has 2 aromatic heterocycles. The average Bonchev–Trinajstić information content (AvgIpc) is 3.73. The van der Waals surface area contributed by atoms with Crippen LogP contribution in [0.5, 0.6) is 11.5 Å². The smallest absolute Gasteiger partial charge is 0.338 e. The van der Waals surface area contributed by atoms with Crippen LogP contribution in [0.2, 0.25) is 0 Å². The van der Waals surface area contributed by atoms with Gasteiger partial charge < -0.3 is 18.8 Å². The Bertz CT molecular complexity index is 2170. The first-order chi connectivity index (χ1) is 21.1. The Hall–Kier alpha value is -5.40. The molecule has 0 spiro atoms. The molecule has 2 aliphatic rings. The predicted molar refractivity (Wildman–Crippen MR) is 161 cm³/mol. The van der Waals surface area contributed by atoms with E-state index in [0.717, 1.165) is 22.0 Å². The van der Waals surface area contributed by atoms with Gasteiger partial charge in [-0.25, -0.2) is 9.79 Å². The molecule has 0 saturated heterocycles. The van der Waals surface area contributed by atoms with Gasteiger partial charge in [0.1, 0.15) is 6.54 Å². The van der Waals surface area contributed by atoms with Crippen molar-refractivity contribution in [3.8, 4) is 17.6 Å². The summed E-state index contributed by atoms with van der Waals surface area (Å²) in [6, 6.07) is 23.9. The number of hydrogen-bond donors (Lipinski definition) is 0. The van der Waals surface area contributed by atoms with Gasteiger partial charge in [-0.3, -0.25) is 9.36 Å². The van der Waals surface area contributed by atoms with Gasteiger partial charge in [-0.2, -0.15) is 5.26 Å². The van der Waals surface area contributed by atoms with Gasteiger partial charge in [0.25, 0.3) is 5.56 Å². The number of benzene rings is 3. The van der Waals surface area contributed by atoms with Gasteiger partial charge >= 0.3 is 5.97 Å². The van der Waals surface area contributed by atoms with Crippen LogP contribution in [0, 0.1) is 11.3 Å². The molecule has 9 nitrogen and oxygen atoms in total. The zero-order valence-electron chi connectivity index (χ0n) is 23.0. The first kappa shape index (κ1) is 26.5. The van der Waals surface area contributed by atoms with Gasteiger partial charge in [0, 0.05) is 28.2 Å². The van der Waals surface area contributed by atoms with Crippen LogP contribution < -0.4 is 24.4 Å². The highest BCUT2D eigenvalue weighted by Crippen LogP contribution is 2.40. The molecule has 5 aromatic rings. The molecular weight excluding hydrogens is 564 g/mol. The van der Waals surface area contributed by atoms with E-state index in [9.17, 15) is 14.9 Å². The molecule has 0 aliphatic carbocycles. The van der Waals surface area contributed by atoms with Crippen molar-refractivity contribution in [2.24, 2.45) is 4.99 Å². The zero-order chi connectivity index (χ0) is 29.5. The third-order valence-electron chi connectivity index (χ3n) is 7.43. The molecule has 0 N–H and O–H groups in total. The number of carbonyl (C=O) groups is 1. The lowest BCUT2D eigenvalue weighted by Crippen LogP contribution is -2.40. The molecule has 2 aliphatic heterocycles. The summed E-state index contributed by atoms with van der Waals surface area (Å²) in [6.07, 6.45) is 3.70. The number of hydrogen-bond acceptors (Lipinski definition) is 8. The maximum atomic E-state index is 14.3. The highest BCUT2D eigenvalue weighted by Gasteiger charge is 2.36. The Kier molecular flexibility index (Phi) is 6.64. The van der Waals surface area contributed by atoms with Gasteiger partial charge in [-0.15, -0.1) is 0 Å². The lowest BCUT2D eigenvalue weighted by molar-refractivity contribution is -0.138. The van der Waals surface area contributed by atoms with Crippen molar-refractivity contribution >= 4 is 40.0 Å². The van der Waals surface area contributed by atoms with E-state index < -0.39 is 12.0 Å². The predicted octanol–water partition coefficient (Wildman–Crippen LogP) is 4.14. The summed E-state index contributed by atoms with van der Waals surface area (Å²) in [6.45, 7) is 2.18. The minimum absolute atomic E-state index is 0.0940. The summed E-state index contributed by atoms with van der Waals surface area (Å²) in [7, 11) is 0. The number of ether oxygens (including phenoxy) is 3. The lowest BCUT2D eigenvalue weighted by atomic mass is 9.93. The maximum absolute atomic E-state index is 14.3. The second kappa shape index (κ2) is 10.8. The molecule has 0 bridgehead atoms. The summed E-state index contributed by atoms with van der Waals surface area (Å²) in [4.78, 5) is 33.3. The largest absolute Gasteiger partial charge is 0.463 e. The number of carbonyl (C=O) groups excluding carboxylic acids is 1. The van der Waals surface area contributed by atoms with Crippen molar-refractivity contribution in [1.29, 1.82) is 5.26 Å². The lowest BCUT2D eigenvalue weighted by Gasteiger charge is -2.26. The molecule has 7 rings (SSSR count). The fraction of sp³-hybridized carbons (Fsp3) is 0.152. The van der Waals surface area contributed by atoms with Gasteiger partial charge in [0.05, 0.1) is 34.5 Å². The van der Waals surface area contributed by atoms with E-state index in [1.165, 1.54) is 11.3 Å². The van der Waals surface area contributed by atoms with Gasteiger partial charge in [-0.1, -0.05) is 65.9 Å². The van der Waals surface area contributed by atoms with E-state index >= 15 is 0 Å².